The zero-order chi connectivity index (χ0) is 16.5. The topological polar surface area (TPSA) is 0 Å². The second-order valence-corrected chi connectivity index (χ2v) is 6.96. The summed E-state index contributed by atoms with van der Waals surface area (Å²) < 4.78 is 0. The first-order chi connectivity index (χ1) is 11.8. The summed E-state index contributed by atoms with van der Waals surface area (Å²) in [6.45, 7) is 4.67. The van der Waals surface area contributed by atoms with Crippen LogP contribution in [-0.4, -0.2) is 0 Å². The van der Waals surface area contributed by atoms with E-state index in [0.717, 1.165) is 0 Å². The van der Waals surface area contributed by atoms with Gasteiger partial charge in [0.05, 0.1) is 0 Å². The van der Waals surface area contributed by atoms with Crippen molar-refractivity contribution in [2.24, 2.45) is 5.92 Å². The Bertz CT molecular complexity index is 895. The number of rotatable bonds is 4. The third kappa shape index (κ3) is 2.47. The van der Waals surface area contributed by atoms with Crippen molar-refractivity contribution in [1.29, 1.82) is 0 Å². The first-order valence-corrected chi connectivity index (χ1v) is 9.07. The second-order valence-electron chi connectivity index (χ2n) is 6.96. The van der Waals surface area contributed by atoms with E-state index >= 15 is 0 Å². The van der Waals surface area contributed by atoms with Gasteiger partial charge in [0.2, 0.25) is 0 Å². The molecule has 1 aliphatic carbocycles. The Hall–Kier alpha value is -2.34. The first-order valence-electron chi connectivity index (χ1n) is 9.07. The highest BCUT2D eigenvalue weighted by atomic mass is 14.3. The third-order valence-electron chi connectivity index (χ3n) is 5.39. The van der Waals surface area contributed by atoms with Crippen LogP contribution in [0.3, 0.4) is 0 Å². The molecule has 0 bridgehead atoms. The molecule has 120 valence electrons. The molecule has 0 N–H and O–H groups in total. The van der Waals surface area contributed by atoms with E-state index in [0.29, 0.717) is 11.8 Å². The van der Waals surface area contributed by atoms with E-state index in [1.807, 2.05) is 0 Å². The molecule has 0 amide bonds. The van der Waals surface area contributed by atoms with Gasteiger partial charge < -0.3 is 0 Å². The minimum absolute atomic E-state index is 0.397. The molecule has 4 rings (SSSR count). The predicted molar refractivity (Wildman–Crippen MR) is 104 cm³/mol. The normalized spacial score (nSPS) is 17.6. The van der Waals surface area contributed by atoms with Gasteiger partial charge in [0.1, 0.15) is 0 Å². The average Bonchev–Trinajstić information content (AvgIpc) is 3.01. The first kappa shape index (κ1) is 15.2. The van der Waals surface area contributed by atoms with E-state index in [1.54, 1.807) is 5.57 Å². The molecule has 0 spiro atoms. The summed E-state index contributed by atoms with van der Waals surface area (Å²) in [6.07, 6.45) is 4.93. The van der Waals surface area contributed by atoms with Crippen molar-refractivity contribution in [2.75, 3.05) is 0 Å². The molecular formula is C24H24. The molecule has 3 aromatic rings. The fourth-order valence-electron chi connectivity index (χ4n) is 4.22. The van der Waals surface area contributed by atoms with Gasteiger partial charge >= 0.3 is 0 Å². The lowest BCUT2D eigenvalue weighted by molar-refractivity contribution is 0.581. The predicted octanol–water partition coefficient (Wildman–Crippen LogP) is 6.80. The Morgan fingerprint density at radius 2 is 1.54 bits per heavy atom. The summed E-state index contributed by atoms with van der Waals surface area (Å²) >= 11 is 0. The van der Waals surface area contributed by atoms with Crippen LogP contribution in [0.1, 0.15) is 49.3 Å². The molecule has 0 fully saturated rings. The highest BCUT2D eigenvalue weighted by molar-refractivity contribution is 5.88. The van der Waals surface area contributed by atoms with Gasteiger partial charge in [-0.2, -0.15) is 0 Å². The lowest BCUT2D eigenvalue weighted by Gasteiger charge is -2.23. The highest BCUT2D eigenvalue weighted by Crippen LogP contribution is 2.46. The Kier molecular flexibility index (Phi) is 3.98. The Morgan fingerprint density at radius 1 is 0.833 bits per heavy atom. The fraction of sp³-hybridized carbons (Fsp3) is 0.250. The van der Waals surface area contributed by atoms with Crippen molar-refractivity contribution in [3.8, 4) is 0 Å². The van der Waals surface area contributed by atoms with Gasteiger partial charge in [0.25, 0.3) is 0 Å². The van der Waals surface area contributed by atoms with Crippen LogP contribution < -0.4 is 0 Å². The molecule has 1 aliphatic rings. The van der Waals surface area contributed by atoms with Gasteiger partial charge in [-0.05, 0) is 39.8 Å². The number of hydrogen-bond acceptors (Lipinski definition) is 0. The molecule has 0 nitrogen and oxygen atoms in total. The van der Waals surface area contributed by atoms with Crippen LogP contribution in [0.5, 0.6) is 0 Å². The molecule has 0 aromatic heterocycles. The molecule has 0 heteroatoms. The molecule has 3 aromatic carbocycles. The van der Waals surface area contributed by atoms with Crippen LogP contribution in [0.2, 0.25) is 0 Å². The number of hydrogen-bond donors (Lipinski definition) is 0. The fourth-order valence-corrected chi connectivity index (χ4v) is 4.22. The molecule has 24 heavy (non-hydrogen) atoms. The van der Waals surface area contributed by atoms with Crippen molar-refractivity contribution < 1.29 is 0 Å². The summed E-state index contributed by atoms with van der Waals surface area (Å²) in [5.74, 6) is 1.01. The molecule has 0 saturated heterocycles. The quantitative estimate of drug-likeness (QED) is 0.496. The van der Waals surface area contributed by atoms with Crippen molar-refractivity contribution in [1.82, 2.24) is 0 Å². The smallest absolute Gasteiger partial charge is 0.0316 e. The van der Waals surface area contributed by atoms with Crippen LogP contribution in [0.4, 0.5) is 0 Å². The second kappa shape index (κ2) is 6.28. The standard InChI is InChI=1S/C24H24/c1-3-9-17(2)23-16-19-11-5-7-14-21(19)24(23)22-15-8-12-18-10-4-6-13-20(18)22/h4-8,10-17,24H,3,9H2,1-2H3. The van der Waals surface area contributed by atoms with Crippen LogP contribution >= 0.6 is 0 Å². The van der Waals surface area contributed by atoms with E-state index in [4.69, 9.17) is 0 Å². The lowest BCUT2D eigenvalue weighted by Crippen LogP contribution is -2.08. The maximum atomic E-state index is 2.45. The lowest BCUT2D eigenvalue weighted by atomic mass is 9.80. The summed E-state index contributed by atoms with van der Waals surface area (Å²) in [5, 5.41) is 2.72. The molecule has 2 atom stereocenters. The summed E-state index contributed by atoms with van der Waals surface area (Å²) in [4.78, 5) is 0. The molecular weight excluding hydrogens is 288 g/mol. The third-order valence-corrected chi connectivity index (χ3v) is 5.39. The summed E-state index contributed by atoms with van der Waals surface area (Å²) in [7, 11) is 0. The zero-order valence-electron chi connectivity index (χ0n) is 14.5. The molecule has 0 heterocycles. The Morgan fingerprint density at radius 3 is 2.42 bits per heavy atom. The van der Waals surface area contributed by atoms with E-state index in [2.05, 4.69) is 86.7 Å². The SMILES string of the molecule is CCCC(C)C1=Cc2ccccc2C1c1cccc2ccccc12. The van der Waals surface area contributed by atoms with Crippen molar-refractivity contribution in [3.05, 3.63) is 89.0 Å². The van der Waals surface area contributed by atoms with Crippen molar-refractivity contribution in [3.63, 3.8) is 0 Å². The molecule has 0 radical (unpaired) electrons. The Balaban J connectivity index is 1.91. The van der Waals surface area contributed by atoms with Gasteiger partial charge in [-0.3, -0.25) is 0 Å². The zero-order valence-corrected chi connectivity index (χ0v) is 14.5. The monoisotopic (exact) mass is 312 g/mol. The van der Waals surface area contributed by atoms with Crippen LogP contribution in [0.15, 0.2) is 72.3 Å². The van der Waals surface area contributed by atoms with Crippen molar-refractivity contribution in [2.45, 2.75) is 32.6 Å². The van der Waals surface area contributed by atoms with Crippen molar-refractivity contribution >= 4 is 16.8 Å². The van der Waals surface area contributed by atoms with E-state index in [9.17, 15) is 0 Å². The average molecular weight is 312 g/mol. The van der Waals surface area contributed by atoms with Gasteiger partial charge in [-0.15, -0.1) is 0 Å². The summed E-state index contributed by atoms with van der Waals surface area (Å²) in [6, 6.07) is 24.4. The highest BCUT2D eigenvalue weighted by Gasteiger charge is 2.30. The minimum Gasteiger partial charge on any atom is -0.0654 e. The summed E-state index contributed by atoms with van der Waals surface area (Å²) in [5.41, 5.74) is 5.89. The van der Waals surface area contributed by atoms with Gasteiger partial charge in [0, 0.05) is 5.92 Å². The largest absolute Gasteiger partial charge is 0.0654 e. The van der Waals surface area contributed by atoms with E-state index in [1.165, 1.54) is 40.3 Å². The maximum absolute atomic E-state index is 2.45. The van der Waals surface area contributed by atoms with Crippen LogP contribution in [0, 0.1) is 5.92 Å². The number of fused-ring (bicyclic) bond motifs is 2. The Labute approximate surface area is 144 Å². The maximum Gasteiger partial charge on any atom is 0.0316 e. The van der Waals surface area contributed by atoms with E-state index < -0.39 is 0 Å². The van der Waals surface area contributed by atoms with Crippen LogP contribution in [0.25, 0.3) is 16.8 Å². The van der Waals surface area contributed by atoms with Gasteiger partial charge in [-0.25, -0.2) is 0 Å². The van der Waals surface area contributed by atoms with E-state index in [-0.39, 0.29) is 0 Å². The molecule has 0 saturated carbocycles. The number of benzene rings is 3. The molecule has 0 aliphatic heterocycles. The van der Waals surface area contributed by atoms with Crippen LogP contribution in [-0.2, 0) is 0 Å². The number of allylic oxidation sites excluding steroid dienone is 1. The molecule has 2 unspecified atom stereocenters. The van der Waals surface area contributed by atoms with Gasteiger partial charge in [-0.1, -0.05) is 98.6 Å². The minimum atomic E-state index is 0.397. The van der Waals surface area contributed by atoms with Gasteiger partial charge in [0.15, 0.2) is 0 Å².